The number of anilines is 1. The maximum Gasteiger partial charge on any atom is 0.329 e. The number of hydrogen-bond donors (Lipinski definition) is 1. The van der Waals surface area contributed by atoms with Crippen LogP contribution in [0.25, 0.3) is 11.2 Å². The Morgan fingerprint density at radius 2 is 1.83 bits per heavy atom. The molecule has 1 saturated heterocycles. The summed E-state index contributed by atoms with van der Waals surface area (Å²) in [6.07, 6.45) is 0. The van der Waals surface area contributed by atoms with E-state index < -0.39 is 5.69 Å². The van der Waals surface area contributed by atoms with Gasteiger partial charge in [0, 0.05) is 39.3 Å². The van der Waals surface area contributed by atoms with E-state index in [0.29, 0.717) is 11.2 Å². The highest BCUT2D eigenvalue weighted by Crippen LogP contribution is 2.24. The SMILES string of the molecule is CCN1CCN(c2nc3c(c(=O)[nH]c(=O)n3C)n2C(C)C)CC1. The third-order valence-corrected chi connectivity index (χ3v) is 4.55. The summed E-state index contributed by atoms with van der Waals surface area (Å²) in [5.41, 5.74) is 0.108. The van der Waals surface area contributed by atoms with E-state index in [1.54, 1.807) is 7.05 Å². The fourth-order valence-corrected chi connectivity index (χ4v) is 3.17. The molecule has 0 saturated carbocycles. The van der Waals surface area contributed by atoms with Crippen molar-refractivity contribution in [3.05, 3.63) is 20.8 Å². The van der Waals surface area contributed by atoms with Crippen LogP contribution in [-0.4, -0.2) is 56.7 Å². The van der Waals surface area contributed by atoms with Gasteiger partial charge >= 0.3 is 5.69 Å². The fourth-order valence-electron chi connectivity index (χ4n) is 3.17. The second kappa shape index (κ2) is 5.84. The first kappa shape index (κ1) is 15.8. The maximum absolute atomic E-state index is 12.3. The van der Waals surface area contributed by atoms with Crippen LogP contribution in [0.3, 0.4) is 0 Å². The Bertz CT molecular complexity index is 823. The summed E-state index contributed by atoms with van der Waals surface area (Å²) in [6.45, 7) is 11.0. The maximum atomic E-state index is 12.3. The van der Waals surface area contributed by atoms with Crippen molar-refractivity contribution < 1.29 is 0 Å². The Morgan fingerprint density at radius 1 is 1.17 bits per heavy atom. The molecule has 0 bridgehead atoms. The van der Waals surface area contributed by atoms with Crippen molar-refractivity contribution in [2.75, 3.05) is 37.6 Å². The number of piperazine rings is 1. The Morgan fingerprint density at radius 3 is 2.39 bits per heavy atom. The summed E-state index contributed by atoms with van der Waals surface area (Å²) in [7, 11) is 1.64. The van der Waals surface area contributed by atoms with Gasteiger partial charge in [-0.3, -0.25) is 14.3 Å². The van der Waals surface area contributed by atoms with Crippen LogP contribution in [0.1, 0.15) is 26.8 Å². The summed E-state index contributed by atoms with van der Waals surface area (Å²) < 4.78 is 3.34. The van der Waals surface area contributed by atoms with Crippen molar-refractivity contribution in [2.45, 2.75) is 26.8 Å². The third-order valence-electron chi connectivity index (χ3n) is 4.55. The molecule has 1 aliphatic rings. The Labute approximate surface area is 134 Å². The van der Waals surface area contributed by atoms with Gasteiger partial charge in [0.15, 0.2) is 11.2 Å². The smallest absolute Gasteiger partial charge is 0.329 e. The van der Waals surface area contributed by atoms with Crippen molar-refractivity contribution in [3.63, 3.8) is 0 Å². The lowest BCUT2D eigenvalue weighted by Gasteiger charge is -2.35. The number of nitrogens with zero attached hydrogens (tertiary/aromatic N) is 5. The van der Waals surface area contributed by atoms with E-state index >= 15 is 0 Å². The molecular weight excluding hydrogens is 296 g/mol. The minimum Gasteiger partial charge on any atom is -0.340 e. The van der Waals surface area contributed by atoms with E-state index in [2.05, 4.69) is 26.7 Å². The highest BCUT2D eigenvalue weighted by atomic mass is 16.2. The zero-order valence-electron chi connectivity index (χ0n) is 14.2. The molecule has 126 valence electrons. The van der Waals surface area contributed by atoms with Crippen molar-refractivity contribution in [1.29, 1.82) is 0 Å². The molecule has 8 heteroatoms. The second-order valence-electron chi connectivity index (χ2n) is 6.29. The molecule has 2 aromatic heterocycles. The molecule has 3 heterocycles. The van der Waals surface area contributed by atoms with Gasteiger partial charge in [-0.05, 0) is 20.4 Å². The highest BCUT2D eigenvalue weighted by Gasteiger charge is 2.25. The van der Waals surface area contributed by atoms with Crippen LogP contribution >= 0.6 is 0 Å². The Kier molecular flexibility index (Phi) is 4.01. The van der Waals surface area contributed by atoms with Crippen LogP contribution in [0.5, 0.6) is 0 Å². The molecule has 1 fully saturated rings. The number of hydrogen-bond acceptors (Lipinski definition) is 5. The molecule has 0 unspecified atom stereocenters. The Hall–Kier alpha value is -2.09. The summed E-state index contributed by atoms with van der Waals surface area (Å²) in [6, 6.07) is 0.0813. The zero-order chi connectivity index (χ0) is 16.7. The third kappa shape index (κ3) is 2.56. The number of nitrogens with one attached hydrogen (secondary N) is 1. The molecule has 8 nitrogen and oxygen atoms in total. The van der Waals surface area contributed by atoms with Gasteiger partial charge in [-0.25, -0.2) is 4.79 Å². The number of likely N-dealkylation sites (N-methyl/N-ethyl adjacent to an activating group) is 1. The Balaban J connectivity index is 2.16. The molecule has 0 spiro atoms. The molecule has 0 aromatic carbocycles. The van der Waals surface area contributed by atoms with Crippen LogP contribution in [0, 0.1) is 0 Å². The summed E-state index contributed by atoms with van der Waals surface area (Å²) in [4.78, 5) is 35.8. The van der Waals surface area contributed by atoms with E-state index in [1.165, 1.54) is 4.57 Å². The largest absolute Gasteiger partial charge is 0.340 e. The van der Waals surface area contributed by atoms with Gasteiger partial charge in [0.05, 0.1) is 0 Å². The number of aromatic amines is 1. The van der Waals surface area contributed by atoms with Crippen molar-refractivity contribution in [1.82, 2.24) is 24.0 Å². The van der Waals surface area contributed by atoms with Gasteiger partial charge in [-0.2, -0.15) is 4.98 Å². The number of rotatable bonds is 3. The predicted molar refractivity (Wildman–Crippen MR) is 90.3 cm³/mol. The average Bonchev–Trinajstić information content (AvgIpc) is 2.94. The average molecular weight is 320 g/mol. The topological polar surface area (TPSA) is 79.2 Å². The number of imidazole rings is 1. The van der Waals surface area contributed by atoms with E-state index in [4.69, 9.17) is 0 Å². The highest BCUT2D eigenvalue weighted by molar-refractivity contribution is 5.74. The number of fused-ring (bicyclic) bond motifs is 1. The predicted octanol–water partition coefficient (Wildman–Crippen LogP) is 0.146. The van der Waals surface area contributed by atoms with Gasteiger partial charge < -0.3 is 14.4 Å². The molecule has 0 aliphatic carbocycles. The minimum atomic E-state index is -0.432. The lowest BCUT2D eigenvalue weighted by Crippen LogP contribution is -2.47. The van der Waals surface area contributed by atoms with E-state index in [-0.39, 0.29) is 11.6 Å². The molecule has 2 aromatic rings. The van der Waals surface area contributed by atoms with Gasteiger partial charge in [0.25, 0.3) is 5.56 Å². The second-order valence-corrected chi connectivity index (χ2v) is 6.29. The van der Waals surface area contributed by atoms with Crippen LogP contribution in [0.4, 0.5) is 5.95 Å². The normalized spacial score (nSPS) is 16.7. The van der Waals surface area contributed by atoms with Gasteiger partial charge in [-0.1, -0.05) is 6.92 Å². The number of H-pyrrole nitrogens is 1. The van der Waals surface area contributed by atoms with E-state index in [9.17, 15) is 9.59 Å². The van der Waals surface area contributed by atoms with Gasteiger partial charge in [0.2, 0.25) is 5.95 Å². The first-order valence-corrected chi connectivity index (χ1v) is 8.12. The molecule has 1 N–H and O–H groups in total. The van der Waals surface area contributed by atoms with E-state index in [0.717, 1.165) is 38.7 Å². The van der Waals surface area contributed by atoms with Crippen LogP contribution in [0.2, 0.25) is 0 Å². The number of aromatic nitrogens is 4. The lowest BCUT2D eigenvalue weighted by molar-refractivity contribution is 0.269. The first-order chi connectivity index (χ1) is 10.9. The monoisotopic (exact) mass is 320 g/mol. The standard InChI is InChI=1S/C15H24N6O2/c1-5-19-6-8-20(9-7-19)14-16-12-11(21(14)10(2)3)13(22)17-15(23)18(12)4/h10H,5-9H2,1-4H3,(H,17,22,23). The molecule has 0 amide bonds. The lowest BCUT2D eigenvalue weighted by atomic mass is 10.3. The molecule has 0 atom stereocenters. The van der Waals surface area contributed by atoms with Crippen LogP contribution in [-0.2, 0) is 7.05 Å². The summed E-state index contributed by atoms with van der Waals surface area (Å²) in [5.74, 6) is 0.775. The fraction of sp³-hybridized carbons (Fsp3) is 0.667. The van der Waals surface area contributed by atoms with Crippen LogP contribution in [0.15, 0.2) is 9.59 Å². The zero-order valence-corrected chi connectivity index (χ0v) is 14.2. The first-order valence-electron chi connectivity index (χ1n) is 8.12. The van der Waals surface area contributed by atoms with Gasteiger partial charge in [-0.15, -0.1) is 0 Å². The van der Waals surface area contributed by atoms with Gasteiger partial charge in [0.1, 0.15) is 0 Å². The quantitative estimate of drug-likeness (QED) is 0.871. The van der Waals surface area contributed by atoms with Crippen LogP contribution < -0.4 is 16.1 Å². The molecule has 23 heavy (non-hydrogen) atoms. The number of aryl methyl sites for hydroxylation is 1. The van der Waals surface area contributed by atoms with Crippen molar-refractivity contribution >= 4 is 17.1 Å². The summed E-state index contributed by atoms with van der Waals surface area (Å²) >= 11 is 0. The molecule has 1 aliphatic heterocycles. The molecule has 0 radical (unpaired) electrons. The van der Waals surface area contributed by atoms with Crippen molar-refractivity contribution in [3.8, 4) is 0 Å². The molecular formula is C15H24N6O2. The summed E-state index contributed by atoms with van der Waals surface area (Å²) in [5, 5.41) is 0. The van der Waals surface area contributed by atoms with E-state index in [1.807, 2.05) is 18.4 Å². The molecule has 3 rings (SSSR count). The minimum absolute atomic E-state index is 0.0813. The van der Waals surface area contributed by atoms with Crippen molar-refractivity contribution in [2.24, 2.45) is 7.05 Å².